The highest BCUT2D eigenvalue weighted by Gasteiger charge is 2.39. The molecule has 1 amide bonds. The lowest BCUT2D eigenvalue weighted by Gasteiger charge is -2.21. The van der Waals surface area contributed by atoms with Crippen molar-refractivity contribution in [3.63, 3.8) is 0 Å². The molecule has 0 saturated carbocycles. The summed E-state index contributed by atoms with van der Waals surface area (Å²) in [6.07, 6.45) is 0.144. The fraction of sp³-hybridized carbons (Fsp3) is 0.467. The van der Waals surface area contributed by atoms with E-state index >= 15 is 0 Å². The van der Waals surface area contributed by atoms with E-state index in [1.165, 1.54) is 23.8 Å². The van der Waals surface area contributed by atoms with Crippen LogP contribution >= 0.6 is 23.4 Å². The number of hydrogen-bond acceptors (Lipinski definition) is 4. The predicted octanol–water partition coefficient (Wildman–Crippen LogP) is 2.27. The van der Waals surface area contributed by atoms with E-state index in [2.05, 4.69) is 0 Å². The van der Waals surface area contributed by atoms with Crippen LogP contribution in [0.3, 0.4) is 0 Å². The SMILES string of the molecule is COC1CC(C(=O)O)N(C(=O)CSCc2ccc(Cl)cc2)C1. The number of carbonyl (C=O) groups excluding carboxylic acids is 1. The highest BCUT2D eigenvalue weighted by molar-refractivity contribution is 7.99. The van der Waals surface area contributed by atoms with Gasteiger partial charge in [-0.25, -0.2) is 4.79 Å². The molecular weight excluding hydrogens is 326 g/mol. The van der Waals surface area contributed by atoms with Crippen molar-refractivity contribution in [1.29, 1.82) is 0 Å². The van der Waals surface area contributed by atoms with Crippen molar-refractivity contribution in [2.45, 2.75) is 24.3 Å². The standard InChI is InChI=1S/C15H18ClNO4S/c1-21-12-6-13(15(19)20)17(7-12)14(18)9-22-8-10-2-4-11(16)5-3-10/h2-5,12-13H,6-9H2,1H3,(H,19,20). The minimum atomic E-state index is -0.976. The summed E-state index contributed by atoms with van der Waals surface area (Å²) in [4.78, 5) is 24.9. The summed E-state index contributed by atoms with van der Waals surface area (Å²) in [5.41, 5.74) is 1.08. The number of carbonyl (C=O) groups is 2. The smallest absolute Gasteiger partial charge is 0.326 e. The first-order valence-electron chi connectivity index (χ1n) is 6.88. The van der Waals surface area contributed by atoms with Crippen LogP contribution in [0.15, 0.2) is 24.3 Å². The second-order valence-electron chi connectivity index (χ2n) is 5.11. The number of carboxylic acids is 1. The van der Waals surface area contributed by atoms with Crippen molar-refractivity contribution in [3.05, 3.63) is 34.9 Å². The Morgan fingerprint density at radius 2 is 2.09 bits per heavy atom. The molecule has 2 rings (SSSR count). The number of halogens is 1. The maximum Gasteiger partial charge on any atom is 0.326 e. The minimum absolute atomic E-state index is 0.161. The number of ether oxygens (including phenoxy) is 1. The molecule has 1 saturated heterocycles. The van der Waals surface area contributed by atoms with Crippen LogP contribution in [0, 0.1) is 0 Å². The number of benzene rings is 1. The molecule has 0 radical (unpaired) electrons. The maximum absolute atomic E-state index is 12.2. The van der Waals surface area contributed by atoms with Crippen molar-refractivity contribution in [3.8, 4) is 0 Å². The summed E-state index contributed by atoms with van der Waals surface area (Å²) in [6.45, 7) is 0.341. The Morgan fingerprint density at radius 1 is 1.41 bits per heavy atom. The average Bonchev–Trinajstić information content (AvgIpc) is 2.94. The third kappa shape index (κ3) is 4.38. The third-order valence-electron chi connectivity index (χ3n) is 3.61. The van der Waals surface area contributed by atoms with Gasteiger partial charge in [0.25, 0.3) is 0 Å². The molecule has 0 spiro atoms. The number of hydrogen-bond donors (Lipinski definition) is 1. The van der Waals surface area contributed by atoms with E-state index in [1.807, 2.05) is 24.3 Å². The molecule has 0 aliphatic carbocycles. The van der Waals surface area contributed by atoms with Crippen LogP contribution < -0.4 is 0 Å². The Hall–Kier alpha value is -1.24. The topological polar surface area (TPSA) is 66.8 Å². The molecular formula is C15H18ClNO4S. The lowest BCUT2D eigenvalue weighted by Crippen LogP contribution is -2.41. The molecule has 2 atom stereocenters. The number of rotatable bonds is 6. The highest BCUT2D eigenvalue weighted by atomic mass is 35.5. The molecule has 1 aliphatic rings. The predicted molar refractivity (Wildman–Crippen MR) is 86.2 cm³/mol. The monoisotopic (exact) mass is 343 g/mol. The Kier molecular flexibility index (Phi) is 6.11. The van der Waals surface area contributed by atoms with E-state index < -0.39 is 12.0 Å². The van der Waals surface area contributed by atoms with Gasteiger partial charge in [-0.1, -0.05) is 23.7 Å². The number of carboxylic acid groups (broad SMARTS) is 1. The lowest BCUT2D eigenvalue weighted by molar-refractivity contribution is -0.147. The number of methoxy groups -OCH3 is 1. The Morgan fingerprint density at radius 3 is 2.68 bits per heavy atom. The van der Waals surface area contributed by atoms with Crippen LogP contribution in [0.25, 0.3) is 0 Å². The number of nitrogens with zero attached hydrogens (tertiary/aromatic N) is 1. The molecule has 22 heavy (non-hydrogen) atoms. The zero-order chi connectivity index (χ0) is 16.1. The fourth-order valence-electron chi connectivity index (χ4n) is 2.40. The first kappa shape index (κ1) is 17.1. The molecule has 1 heterocycles. The van der Waals surface area contributed by atoms with Crippen molar-refractivity contribution >= 4 is 35.2 Å². The molecule has 1 N–H and O–H groups in total. The van der Waals surface area contributed by atoms with E-state index in [9.17, 15) is 14.7 Å². The molecule has 0 bridgehead atoms. The van der Waals surface area contributed by atoms with Crippen molar-refractivity contribution in [1.82, 2.24) is 4.90 Å². The summed E-state index contributed by atoms with van der Waals surface area (Å²) in [6, 6.07) is 6.66. The highest BCUT2D eigenvalue weighted by Crippen LogP contribution is 2.22. The molecule has 1 aliphatic heterocycles. The number of aliphatic carboxylic acids is 1. The molecule has 2 unspecified atom stereocenters. The number of likely N-dealkylation sites (tertiary alicyclic amines) is 1. The summed E-state index contributed by atoms with van der Waals surface area (Å²) in [7, 11) is 1.53. The van der Waals surface area contributed by atoms with Crippen molar-refractivity contribution in [2.24, 2.45) is 0 Å². The zero-order valence-corrected chi connectivity index (χ0v) is 13.8. The van der Waals surface area contributed by atoms with Gasteiger partial charge in [0.2, 0.25) is 5.91 Å². The van der Waals surface area contributed by atoms with Crippen molar-refractivity contribution < 1.29 is 19.4 Å². The zero-order valence-electron chi connectivity index (χ0n) is 12.2. The van der Waals surface area contributed by atoms with Gasteiger partial charge in [-0.15, -0.1) is 11.8 Å². The van der Waals surface area contributed by atoms with Gasteiger partial charge in [-0.05, 0) is 17.7 Å². The van der Waals surface area contributed by atoms with Gasteiger partial charge in [-0.2, -0.15) is 0 Å². The van der Waals surface area contributed by atoms with Gasteiger partial charge >= 0.3 is 5.97 Å². The molecule has 0 aromatic heterocycles. The van der Waals surface area contributed by atoms with Crippen LogP contribution in [0.2, 0.25) is 5.02 Å². The molecule has 7 heteroatoms. The van der Waals surface area contributed by atoms with Crippen LogP contribution in [0.1, 0.15) is 12.0 Å². The van der Waals surface area contributed by atoms with E-state index in [4.69, 9.17) is 16.3 Å². The molecule has 1 aromatic carbocycles. The van der Waals surface area contributed by atoms with Crippen LogP contribution in [0.4, 0.5) is 0 Å². The maximum atomic E-state index is 12.2. The number of thioether (sulfide) groups is 1. The Bertz CT molecular complexity index is 537. The summed E-state index contributed by atoms with van der Waals surface area (Å²) < 4.78 is 5.18. The van der Waals surface area contributed by atoms with Crippen LogP contribution in [-0.2, 0) is 20.1 Å². The fourth-order valence-corrected chi connectivity index (χ4v) is 3.39. The number of amides is 1. The normalized spacial score (nSPS) is 21.1. The minimum Gasteiger partial charge on any atom is -0.480 e. The second kappa shape index (κ2) is 7.85. The van der Waals surface area contributed by atoms with Crippen LogP contribution in [-0.4, -0.2) is 53.4 Å². The first-order chi connectivity index (χ1) is 10.5. The Labute approximate surface area is 138 Å². The first-order valence-corrected chi connectivity index (χ1v) is 8.41. The van der Waals surface area contributed by atoms with E-state index in [0.29, 0.717) is 23.7 Å². The van der Waals surface area contributed by atoms with Crippen LogP contribution in [0.5, 0.6) is 0 Å². The van der Waals surface area contributed by atoms with Crippen molar-refractivity contribution in [2.75, 3.05) is 19.4 Å². The quantitative estimate of drug-likeness (QED) is 0.858. The molecule has 1 fully saturated rings. The lowest BCUT2D eigenvalue weighted by atomic mass is 10.2. The summed E-state index contributed by atoms with van der Waals surface area (Å²) in [5, 5.41) is 9.88. The average molecular weight is 344 g/mol. The van der Waals surface area contributed by atoms with E-state index in [0.717, 1.165) is 5.56 Å². The molecule has 1 aromatic rings. The summed E-state index contributed by atoms with van der Waals surface area (Å²) in [5.74, 6) is -0.202. The Balaban J connectivity index is 1.85. The van der Waals surface area contributed by atoms with Gasteiger partial charge in [0, 0.05) is 30.9 Å². The molecule has 5 nitrogen and oxygen atoms in total. The largest absolute Gasteiger partial charge is 0.480 e. The third-order valence-corrected chi connectivity index (χ3v) is 4.85. The summed E-state index contributed by atoms with van der Waals surface area (Å²) >= 11 is 7.28. The second-order valence-corrected chi connectivity index (χ2v) is 6.53. The van der Waals surface area contributed by atoms with E-state index in [1.54, 1.807) is 0 Å². The van der Waals surface area contributed by atoms with Gasteiger partial charge in [0.1, 0.15) is 6.04 Å². The van der Waals surface area contributed by atoms with Gasteiger partial charge < -0.3 is 14.7 Å². The van der Waals surface area contributed by atoms with Gasteiger partial charge in [0.05, 0.1) is 11.9 Å². The van der Waals surface area contributed by atoms with E-state index in [-0.39, 0.29) is 17.8 Å². The van der Waals surface area contributed by atoms with Gasteiger partial charge in [0.15, 0.2) is 0 Å². The molecule has 120 valence electrons. The van der Waals surface area contributed by atoms with Gasteiger partial charge in [-0.3, -0.25) is 4.79 Å².